The lowest BCUT2D eigenvalue weighted by atomic mass is 9.69. The quantitative estimate of drug-likeness (QED) is 0.263. The zero-order chi connectivity index (χ0) is 31.5. The Hall–Kier alpha value is -5.01. The Balaban J connectivity index is 2.26. The summed E-state index contributed by atoms with van der Waals surface area (Å²) in [6, 6.07) is 12.3. The van der Waals surface area contributed by atoms with E-state index in [1.807, 2.05) is 4.90 Å². The van der Waals surface area contributed by atoms with Crippen molar-refractivity contribution in [2.75, 3.05) is 38.3 Å². The normalized spacial score (nSPS) is 22.8. The van der Waals surface area contributed by atoms with E-state index in [9.17, 15) is 44.4 Å². The monoisotopic (exact) mass is 593 g/mol. The second kappa shape index (κ2) is 12.5. The molecule has 43 heavy (non-hydrogen) atoms. The highest BCUT2D eigenvalue weighted by Crippen LogP contribution is 2.53. The predicted molar refractivity (Wildman–Crippen MR) is 152 cm³/mol. The van der Waals surface area contributed by atoms with Crippen molar-refractivity contribution in [2.24, 2.45) is 0 Å². The van der Waals surface area contributed by atoms with Gasteiger partial charge in [0.25, 0.3) is 0 Å². The number of carboxylic acid groups (broad SMARTS) is 4. The van der Waals surface area contributed by atoms with Crippen molar-refractivity contribution < 1.29 is 49.1 Å². The SMILES string of the molecule is CC(=O)NC1(C(=CC(=O)O)C(=O)O)c2c(cccc2N2CCOCC2)C(c2ccccc2)C(C(=CC(=O)O)C(=O)O)N1C. The third kappa shape index (κ3) is 5.85. The number of hydrogen-bond acceptors (Lipinski definition) is 8. The number of benzene rings is 2. The summed E-state index contributed by atoms with van der Waals surface area (Å²) in [5.74, 6) is -8.11. The summed E-state index contributed by atoms with van der Waals surface area (Å²) in [5, 5.41) is 42.9. The molecule has 2 aromatic rings. The van der Waals surface area contributed by atoms with Crippen LogP contribution in [0.5, 0.6) is 0 Å². The van der Waals surface area contributed by atoms with Crippen molar-refractivity contribution in [2.45, 2.75) is 24.5 Å². The Labute approximate surface area is 246 Å². The Morgan fingerprint density at radius 2 is 1.51 bits per heavy atom. The maximum Gasteiger partial charge on any atom is 0.336 e. The molecule has 0 radical (unpaired) electrons. The lowest BCUT2D eigenvalue weighted by molar-refractivity contribution is -0.139. The van der Waals surface area contributed by atoms with Gasteiger partial charge in [-0.1, -0.05) is 42.5 Å². The maximum absolute atomic E-state index is 12.9. The zero-order valence-electron chi connectivity index (χ0n) is 23.4. The van der Waals surface area contributed by atoms with Gasteiger partial charge in [-0.05, 0) is 24.2 Å². The minimum absolute atomic E-state index is 0.217. The summed E-state index contributed by atoms with van der Waals surface area (Å²) < 4.78 is 5.51. The van der Waals surface area contributed by atoms with Gasteiger partial charge in [-0.15, -0.1) is 0 Å². The minimum atomic E-state index is -2.27. The van der Waals surface area contributed by atoms with E-state index in [-0.39, 0.29) is 5.56 Å². The molecule has 0 bridgehead atoms. The van der Waals surface area contributed by atoms with Crippen molar-refractivity contribution >= 4 is 35.5 Å². The van der Waals surface area contributed by atoms with Gasteiger partial charge in [-0.2, -0.15) is 0 Å². The number of fused-ring (bicyclic) bond motifs is 1. The van der Waals surface area contributed by atoms with Gasteiger partial charge < -0.3 is 35.4 Å². The number of ether oxygens (including phenoxy) is 1. The molecular weight excluding hydrogens is 562 g/mol. The molecule has 0 saturated carbocycles. The number of carbonyl (C=O) groups excluding carboxylic acids is 1. The molecule has 1 fully saturated rings. The summed E-state index contributed by atoms with van der Waals surface area (Å²) in [4.78, 5) is 65.7. The van der Waals surface area contributed by atoms with Gasteiger partial charge in [-0.3, -0.25) is 9.69 Å². The molecule has 2 heterocycles. The zero-order valence-corrected chi connectivity index (χ0v) is 23.4. The van der Waals surface area contributed by atoms with Crippen LogP contribution in [0, 0.1) is 0 Å². The van der Waals surface area contributed by atoms with E-state index in [0.717, 1.165) is 6.92 Å². The molecule has 2 aliphatic rings. The fourth-order valence-corrected chi connectivity index (χ4v) is 6.12. The van der Waals surface area contributed by atoms with E-state index in [1.165, 1.54) is 11.9 Å². The number of aliphatic carboxylic acids is 4. The van der Waals surface area contributed by atoms with Crippen LogP contribution in [0.2, 0.25) is 0 Å². The molecule has 13 heteroatoms. The number of morpholine rings is 1. The van der Waals surface area contributed by atoms with Gasteiger partial charge in [0.05, 0.1) is 30.4 Å². The second-order valence-electron chi connectivity index (χ2n) is 10.1. The first-order valence-corrected chi connectivity index (χ1v) is 13.3. The van der Waals surface area contributed by atoms with Gasteiger partial charge in [0.1, 0.15) is 0 Å². The fourth-order valence-electron chi connectivity index (χ4n) is 6.12. The molecule has 3 unspecified atom stereocenters. The molecule has 226 valence electrons. The molecule has 0 aromatic heterocycles. The van der Waals surface area contributed by atoms with Gasteiger partial charge in [0, 0.05) is 49.3 Å². The molecule has 1 amide bonds. The van der Waals surface area contributed by atoms with E-state index < -0.39 is 58.6 Å². The van der Waals surface area contributed by atoms with Crippen LogP contribution in [0.3, 0.4) is 0 Å². The Morgan fingerprint density at radius 3 is 2.05 bits per heavy atom. The summed E-state index contributed by atoms with van der Waals surface area (Å²) >= 11 is 0. The molecule has 4 rings (SSSR count). The van der Waals surface area contributed by atoms with E-state index in [2.05, 4.69) is 5.32 Å². The van der Waals surface area contributed by atoms with Gasteiger partial charge in [-0.25, -0.2) is 19.2 Å². The summed E-state index contributed by atoms with van der Waals surface area (Å²) in [6.07, 6.45) is 0.978. The van der Waals surface area contributed by atoms with Crippen LogP contribution in [0.1, 0.15) is 29.5 Å². The average molecular weight is 594 g/mol. The number of carbonyl (C=O) groups is 5. The first kappa shape index (κ1) is 30.9. The van der Waals surface area contributed by atoms with E-state index in [0.29, 0.717) is 55.3 Å². The van der Waals surface area contributed by atoms with E-state index in [1.54, 1.807) is 48.5 Å². The molecule has 2 aromatic carbocycles. The van der Waals surface area contributed by atoms with Crippen molar-refractivity contribution in [3.8, 4) is 0 Å². The fraction of sp³-hybridized carbons (Fsp3) is 0.300. The molecule has 2 aliphatic heterocycles. The molecule has 0 spiro atoms. The smallest absolute Gasteiger partial charge is 0.336 e. The maximum atomic E-state index is 12.9. The number of nitrogens with zero attached hydrogens (tertiary/aromatic N) is 2. The van der Waals surface area contributed by atoms with Crippen LogP contribution in [0.4, 0.5) is 5.69 Å². The van der Waals surface area contributed by atoms with E-state index >= 15 is 0 Å². The molecular formula is C30H31N3O10. The molecule has 5 N–H and O–H groups in total. The molecule has 0 aliphatic carbocycles. The van der Waals surface area contributed by atoms with Crippen LogP contribution in [-0.2, 0) is 34.4 Å². The number of amides is 1. The summed E-state index contributed by atoms with van der Waals surface area (Å²) in [5.41, 5.74) is -2.03. The molecule has 3 atom stereocenters. The number of likely N-dealkylation sites (N-methyl/N-ethyl adjacent to an activating group) is 1. The highest BCUT2D eigenvalue weighted by molar-refractivity contribution is 6.00. The van der Waals surface area contributed by atoms with Crippen LogP contribution in [0.25, 0.3) is 0 Å². The van der Waals surface area contributed by atoms with Crippen molar-refractivity contribution in [3.63, 3.8) is 0 Å². The number of hydrogen-bond donors (Lipinski definition) is 5. The number of nitrogens with one attached hydrogen (secondary N) is 1. The first-order chi connectivity index (χ1) is 20.4. The van der Waals surface area contributed by atoms with Gasteiger partial charge >= 0.3 is 23.9 Å². The third-order valence-corrected chi connectivity index (χ3v) is 7.63. The lowest BCUT2D eigenvalue weighted by Crippen LogP contribution is -2.66. The minimum Gasteiger partial charge on any atom is -0.478 e. The lowest BCUT2D eigenvalue weighted by Gasteiger charge is -2.55. The summed E-state index contributed by atoms with van der Waals surface area (Å²) in [7, 11) is 1.34. The second-order valence-corrected chi connectivity index (χ2v) is 10.1. The number of carboxylic acids is 4. The summed E-state index contributed by atoms with van der Waals surface area (Å²) in [6.45, 7) is 2.59. The van der Waals surface area contributed by atoms with Crippen molar-refractivity contribution in [3.05, 3.63) is 88.5 Å². The standard InChI is InChI=1S/C30H31N3O10/c1-17(34)31-30(21(29(41)42)16-24(37)38)26-19(9-6-10-22(26)33-11-13-43-14-12-33)25(18-7-4-3-5-8-18)27(32(30)2)20(28(39)40)15-23(35)36/h3-10,15-16,25,27H,11-14H2,1-2H3,(H,31,34)(H,35,36)(H,37,38)(H,39,40)(H,41,42). The Morgan fingerprint density at radius 1 is 0.884 bits per heavy atom. The average Bonchev–Trinajstić information content (AvgIpc) is 2.96. The van der Waals surface area contributed by atoms with Crippen molar-refractivity contribution in [1.82, 2.24) is 10.2 Å². The van der Waals surface area contributed by atoms with E-state index in [4.69, 9.17) is 4.74 Å². The molecule has 13 nitrogen and oxygen atoms in total. The highest BCUT2D eigenvalue weighted by atomic mass is 16.5. The number of anilines is 1. The topological polar surface area (TPSA) is 194 Å². The van der Waals surface area contributed by atoms with Crippen molar-refractivity contribution in [1.29, 1.82) is 0 Å². The molecule has 1 saturated heterocycles. The Bertz CT molecular complexity index is 1510. The number of rotatable bonds is 9. The van der Waals surface area contributed by atoms with Crippen LogP contribution < -0.4 is 10.2 Å². The van der Waals surface area contributed by atoms with Crippen LogP contribution in [-0.4, -0.2) is 94.5 Å². The van der Waals surface area contributed by atoms with Gasteiger partial charge in [0.2, 0.25) is 5.91 Å². The first-order valence-electron chi connectivity index (χ1n) is 13.3. The van der Waals surface area contributed by atoms with Gasteiger partial charge in [0.15, 0.2) is 5.66 Å². The Kier molecular flexibility index (Phi) is 8.97. The predicted octanol–water partition coefficient (Wildman–Crippen LogP) is 1.45. The third-order valence-electron chi connectivity index (χ3n) is 7.63. The van der Waals surface area contributed by atoms with Crippen LogP contribution in [0.15, 0.2) is 71.8 Å². The largest absolute Gasteiger partial charge is 0.478 e. The highest BCUT2D eigenvalue weighted by Gasteiger charge is 2.57. The van der Waals surface area contributed by atoms with Crippen LogP contribution >= 0.6 is 0 Å².